The summed E-state index contributed by atoms with van der Waals surface area (Å²) >= 11 is 0. The molecule has 1 saturated carbocycles. The Morgan fingerprint density at radius 1 is 1.18 bits per heavy atom. The maximum atomic E-state index is 13.6. The Labute approximate surface area is 197 Å². The van der Waals surface area contributed by atoms with E-state index in [0.29, 0.717) is 31.6 Å². The average Bonchev–Trinajstić information content (AvgIpc) is 2.80. The molecule has 2 amide bonds. The van der Waals surface area contributed by atoms with Crippen LogP contribution in [0.4, 0.5) is 32.3 Å². The highest BCUT2D eigenvalue weighted by molar-refractivity contribution is 5.94. The van der Waals surface area contributed by atoms with Gasteiger partial charge in [-0.15, -0.1) is 0 Å². The first-order valence-corrected chi connectivity index (χ1v) is 11.6. The largest absolute Gasteiger partial charge is 0.362 e. The standard InChI is InChI=1S/C23H30FN7O3/c1-29(2)21-17-5-3-4-6-18(17)27-23(28-21)26-15-8-10-16(11-9-15)30(22(25)32)19-12-7-14(24)13-20(19)31(33)34/h7,12-13,15-16H,3-6,8-11H2,1-2H3,(H2,25,32)(H,26,27,28)/t15-,16+. The minimum atomic E-state index is -0.792. The Morgan fingerprint density at radius 3 is 2.53 bits per heavy atom. The lowest BCUT2D eigenvalue weighted by molar-refractivity contribution is -0.384. The number of hydrogen-bond donors (Lipinski definition) is 2. The second-order valence-electron chi connectivity index (χ2n) is 9.15. The van der Waals surface area contributed by atoms with Crippen LogP contribution in [0.5, 0.6) is 0 Å². The van der Waals surface area contributed by atoms with Crippen LogP contribution < -0.4 is 20.9 Å². The van der Waals surface area contributed by atoms with Crippen LogP contribution in [0.1, 0.15) is 49.8 Å². The van der Waals surface area contributed by atoms with Gasteiger partial charge in [-0.3, -0.25) is 15.0 Å². The smallest absolute Gasteiger partial charge is 0.319 e. The Bertz CT molecular complexity index is 1090. The Kier molecular flexibility index (Phi) is 6.80. The number of fused-ring (bicyclic) bond motifs is 1. The molecule has 10 nitrogen and oxygen atoms in total. The minimum Gasteiger partial charge on any atom is -0.362 e. The summed E-state index contributed by atoms with van der Waals surface area (Å²) in [6.07, 6.45) is 6.80. The molecule has 1 aromatic heterocycles. The van der Waals surface area contributed by atoms with Gasteiger partial charge in [-0.05, 0) is 63.5 Å². The molecule has 34 heavy (non-hydrogen) atoms. The number of amides is 2. The number of aromatic nitrogens is 2. The maximum Gasteiger partial charge on any atom is 0.319 e. The molecule has 2 aliphatic carbocycles. The molecule has 0 saturated heterocycles. The third-order valence-electron chi connectivity index (χ3n) is 6.61. The number of carbonyl (C=O) groups is 1. The predicted molar refractivity (Wildman–Crippen MR) is 128 cm³/mol. The summed E-state index contributed by atoms with van der Waals surface area (Å²) in [5.74, 6) is 0.813. The van der Waals surface area contributed by atoms with Gasteiger partial charge >= 0.3 is 6.03 Å². The molecule has 2 aromatic rings. The number of nitro groups is 1. The summed E-state index contributed by atoms with van der Waals surface area (Å²) < 4.78 is 13.6. The zero-order chi connectivity index (χ0) is 24.4. The van der Waals surface area contributed by atoms with Crippen LogP contribution in [-0.4, -0.2) is 47.1 Å². The first-order chi connectivity index (χ1) is 16.2. The number of benzene rings is 1. The Hall–Kier alpha value is -3.50. The van der Waals surface area contributed by atoms with E-state index in [-0.39, 0.29) is 17.8 Å². The van der Waals surface area contributed by atoms with Crippen molar-refractivity contribution >= 4 is 29.2 Å². The Balaban J connectivity index is 1.48. The van der Waals surface area contributed by atoms with Crippen molar-refractivity contribution in [1.82, 2.24) is 9.97 Å². The number of nitrogens with one attached hydrogen (secondary N) is 1. The molecule has 0 atom stereocenters. The number of anilines is 3. The van der Waals surface area contributed by atoms with E-state index in [1.165, 1.54) is 16.5 Å². The van der Waals surface area contributed by atoms with Crippen molar-refractivity contribution in [1.29, 1.82) is 0 Å². The van der Waals surface area contributed by atoms with Crippen molar-refractivity contribution in [3.63, 3.8) is 0 Å². The van der Waals surface area contributed by atoms with Crippen LogP contribution in [0, 0.1) is 15.9 Å². The lowest BCUT2D eigenvalue weighted by Gasteiger charge is -2.36. The summed E-state index contributed by atoms with van der Waals surface area (Å²) in [5.41, 5.74) is 7.48. The topological polar surface area (TPSA) is 131 Å². The lowest BCUT2D eigenvalue weighted by atomic mass is 9.90. The average molecular weight is 472 g/mol. The van der Waals surface area contributed by atoms with Gasteiger partial charge in [0.1, 0.15) is 17.3 Å². The van der Waals surface area contributed by atoms with Gasteiger partial charge in [-0.25, -0.2) is 14.2 Å². The van der Waals surface area contributed by atoms with Crippen LogP contribution in [0.15, 0.2) is 18.2 Å². The van der Waals surface area contributed by atoms with E-state index in [9.17, 15) is 19.3 Å². The molecular weight excluding hydrogens is 441 g/mol. The number of aryl methyl sites for hydroxylation is 1. The highest BCUT2D eigenvalue weighted by Crippen LogP contribution is 2.35. The van der Waals surface area contributed by atoms with Gasteiger partial charge in [-0.2, -0.15) is 4.98 Å². The van der Waals surface area contributed by atoms with Crippen molar-refractivity contribution < 1.29 is 14.1 Å². The van der Waals surface area contributed by atoms with Crippen molar-refractivity contribution in [2.45, 2.75) is 63.5 Å². The molecule has 0 radical (unpaired) electrons. The second kappa shape index (κ2) is 9.78. The van der Waals surface area contributed by atoms with Crippen molar-refractivity contribution in [3.05, 3.63) is 45.4 Å². The predicted octanol–water partition coefficient (Wildman–Crippen LogP) is 3.78. The van der Waals surface area contributed by atoms with Gasteiger partial charge in [0.15, 0.2) is 0 Å². The van der Waals surface area contributed by atoms with Gasteiger partial charge in [0.2, 0.25) is 5.95 Å². The van der Waals surface area contributed by atoms with E-state index in [1.54, 1.807) is 0 Å². The first-order valence-electron chi connectivity index (χ1n) is 11.6. The SMILES string of the molecule is CN(C)c1nc(N[C@H]2CC[C@@H](N(C(N)=O)c3ccc(F)cc3[N+](=O)[O-])CC2)nc2c1CCCC2. The highest BCUT2D eigenvalue weighted by Gasteiger charge is 2.33. The molecule has 1 heterocycles. The van der Waals surface area contributed by atoms with Gasteiger partial charge < -0.3 is 16.0 Å². The van der Waals surface area contributed by atoms with Crippen molar-refractivity contribution in [2.75, 3.05) is 29.2 Å². The van der Waals surface area contributed by atoms with Gasteiger partial charge in [-0.1, -0.05) is 0 Å². The molecule has 4 rings (SSSR count). The van der Waals surface area contributed by atoms with Crippen molar-refractivity contribution in [2.24, 2.45) is 5.73 Å². The third-order valence-corrected chi connectivity index (χ3v) is 6.61. The maximum absolute atomic E-state index is 13.6. The number of urea groups is 1. The molecule has 1 aromatic carbocycles. The number of halogens is 1. The molecule has 0 aliphatic heterocycles. The normalized spacial score (nSPS) is 19.7. The van der Waals surface area contributed by atoms with Crippen LogP contribution >= 0.6 is 0 Å². The summed E-state index contributed by atoms with van der Waals surface area (Å²) in [4.78, 5) is 35.8. The lowest BCUT2D eigenvalue weighted by Crippen LogP contribution is -2.47. The van der Waals surface area contributed by atoms with Crippen LogP contribution in [0.25, 0.3) is 0 Å². The molecular formula is C23H30FN7O3. The molecule has 2 aliphatic rings. The van der Waals surface area contributed by atoms with Gasteiger partial charge in [0.25, 0.3) is 5.69 Å². The van der Waals surface area contributed by atoms with E-state index in [0.717, 1.165) is 49.3 Å². The molecule has 0 unspecified atom stereocenters. The Morgan fingerprint density at radius 2 is 1.88 bits per heavy atom. The van der Waals surface area contributed by atoms with Gasteiger partial charge in [0, 0.05) is 31.7 Å². The summed E-state index contributed by atoms with van der Waals surface area (Å²) in [6.45, 7) is 0. The first kappa shape index (κ1) is 23.7. The zero-order valence-corrected chi connectivity index (χ0v) is 19.5. The monoisotopic (exact) mass is 471 g/mol. The molecule has 0 bridgehead atoms. The number of nitro benzene ring substituents is 1. The third kappa shape index (κ3) is 4.87. The van der Waals surface area contributed by atoms with Crippen LogP contribution in [0.3, 0.4) is 0 Å². The number of nitrogens with zero attached hydrogens (tertiary/aromatic N) is 5. The molecule has 3 N–H and O–H groups in total. The fourth-order valence-electron chi connectivity index (χ4n) is 5.01. The van der Waals surface area contributed by atoms with E-state index >= 15 is 0 Å². The van der Waals surface area contributed by atoms with E-state index < -0.39 is 22.5 Å². The summed E-state index contributed by atoms with van der Waals surface area (Å²) in [5, 5.41) is 14.9. The summed E-state index contributed by atoms with van der Waals surface area (Å²) in [6, 6.07) is 2.15. The number of hydrogen-bond acceptors (Lipinski definition) is 7. The fraction of sp³-hybridized carbons (Fsp3) is 0.522. The van der Waals surface area contributed by atoms with Gasteiger partial charge in [0.05, 0.1) is 16.7 Å². The summed E-state index contributed by atoms with van der Waals surface area (Å²) in [7, 11) is 3.97. The van der Waals surface area contributed by atoms with Crippen molar-refractivity contribution in [3.8, 4) is 0 Å². The van der Waals surface area contributed by atoms with E-state index in [4.69, 9.17) is 15.7 Å². The zero-order valence-electron chi connectivity index (χ0n) is 19.5. The molecule has 11 heteroatoms. The van der Waals surface area contributed by atoms with E-state index in [1.807, 2.05) is 19.0 Å². The van der Waals surface area contributed by atoms with Crippen LogP contribution in [0.2, 0.25) is 0 Å². The highest BCUT2D eigenvalue weighted by atomic mass is 19.1. The number of rotatable bonds is 6. The van der Waals surface area contributed by atoms with E-state index in [2.05, 4.69) is 5.32 Å². The molecule has 182 valence electrons. The fourth-order valence-corrected chi connectivity index (χ4v) is 5.01. The van der Waals surface area contributed by atoms with Crippen LogP contribution in [-0.2, 0) is 12.8 Å². The quantitative estimate of drug-likeness (QED) is 0.484. The number of primary amides is 1. The number of carbonyl (C=O) groups excluding carboxylic acids is 1. The second-order valence-corrected chi connectivity index (χ2v) is 9.15. The molecule has 0 spiro atoms. The molecule has 1 fully saturated rings. The number of nitrogens with two attached hydrogens (primary N) is 1. The minimum absolute atomic E-state index is 0.0176.